The van der Waals surface area contributed by atoms with Crippen LogP contribution in [0.1, 0.15) is 5.56 Å². The minimum Gasteiger partial charge on any atom is -0.402 e. The van der Waals surface area contributed by atoms with Crippen LogP contribution in [0.4, 0.5) is 23.2 Å². The molecule has 0 heterocycles. The number of nitrogen functional groups attached to an aromatic ring is 1. The van der Waals surface area contributed by atoms with Crippen LogP contribution in [0.5, 0.6) is 5.75 Å². The van der Waals surface area contributed by atoms with Crippen LogP contribution in [0.3, 0.4) is 0 Å². The largest absolute Gasteiger partial charge is 0.573 e. The molecular formula is C8H7F4NO2. The SMILES string of the molecule is Nc1ccc(CO)c(OC(F)(F)F)c1F. The number of halogens is 4. The number of benzene rings is 1. The molecular weight excluding hydrogens is 218 g/mol. The van der Waals surface area contributed by atoms with E-state index in [-0.39, 0.29) is 5.56 Å². The van der Waals surface area contributed by atoms with E-state index >= 15 is 0 Å². The van der Waals surface area contributed by atoms with Gasteiger partial charge in [-0.1, -0.05) is 6.07 Å². The molecule has 0 atom stereocenters. The highest BCUT2D eigenvalue weighted by atomic mass is 19.4. The zero-order chi connectivity index (χ0) is 11.6. The van der Waals surface area contributed by atoms with Crippen molar-refractivity contribution in [2.45, 2.75) is 13.0 Å². The smallest absolute Gasteiger partial charge is 0.402 e. The van der Waals surface area contributed by atoms with E-state index in [0.29, 0.717) is 0 Å². The molecule has 0 aliphatic heterocycles. The highest BCUT2D eigenvalue weighted by molar-refractivity contribution is 5.50. The minimum absolute atomic E-state index is 0.320. The summed E-state index contributed by atoms with van der Waals surface area (Å²) in [5.74, 6) is -2.43. The van der Waals surface area contributed by atoms with Crippen molar-refractivity contribution in [1.29, 1.82) is 0 Å². The molecule has 3 nitrogen and oxygen atoms in total. The lowest BCUT2D eigenvalue weighted by Crippen LogP contribution is -2.19. The third-order valence-corrected chi connectivity index (χ3v) is 1.60. The fourth-order valence-electron chi connectivity index (χ4n) is 0.962. The lowest BCUT2D eigenvalue weighted by Gasteiger charge is -2.13. The van der Waals surface area contributed by atoms with Gasteiger partial charge < -0.3 is 15.6 Å². The van der Waals surface area contributed by atoms with Gasteiger partial charge in [0.1, 0.15) is 0 Å². The summed E-state index contributed by atoms with van der Waals surface area (Å²) in [7, 11) is 0. The molecule has 84 valence electrons. The molecule has 0 fully saturated rings. The van der Waals surface area contributed by atoms with E-state index in [1.807, 2.05) is 0 Å². The lowest BCUT2D eigenvalue weighted by atomic mass is 10.2. The Hall–Kier alpha value is -1.50. The number of aliphatic hydroxyl groups is 1. The van der Waals surface area contributed by atoms with Crippen LogP contribution >= 0.6 is 0 Å². The molecule has 7 heteroatoms. The van der Waals surface area contributed by atoms with E-state index in [1.165, 1.54) is 0 Å². The molecule has 0 saturated heterocycles. The van der Waals surface area contributed by atoms with E-state index in [1.54, 1.807) is 0 Å². The van der Waals surface area contributed by atoms with Crippen molar-refractivity contribution in [2.75, 3.05) is 5.73 Å². The van der Waals surface area contributed by atoms with Crippen LogP contribution in [0.25, 0.3) is 0 Å². The van der Waals surface area contributed by atoms with E-state index < -0.39 is 30.2 Å². The second kappa shape index (κ2) is 3.93. The first-order valence-electron chi connectivity index (χ1n) is 3.78. The first-order valence-corrected chi connectivity index (χ1v) is 3.78. The maximum absolute atomic E-state index is 13.1. The van der Waals surface area contributed by atoms with E-state index in [4.69, 9.17) is 10.8 Å². The Kier molecular flexibility index (Phi) is 3.04. The first kappa shape index (κ1) is 11.6. The average Bonchev–Trinajstić information content (AvgIpc) is 2.11. The fourth-order valence-corrected chi connectivity index (χ4v) is 0.962. The number of alkyl halides is 3. The number of ether oxygens (including phenoxy) is 1. The van der Waals surface area contributed by atoms with Gasteiger partial charge in [-0.3, -0.25) is 0 Å². The van der Waals surface area contributed by atoms with Gasteiger partial charge in [0.05, 0.1) is 12.3 Å². The van der Waals surface area contributed by atoms with E-state index in [2.05, 4.69) is 4.74 Å². The van der Waals surface area contributed by atoms with Gasteiger partial charge in [0.15, 0.2) is 11.6 Å². The predicted molar refractivity (Wildman–Crippen MR) is 43.4 cm³/mol. The molecule has 0 amide bonds. The number of hydrogen-bond acceptors (Lipinski definition) is 3. The Morgan fingerprint density at radius 2 is 1.93 bits per heavy atom. The van der Waals surface area contributed by atoms with Crippen LogP contribution in [0, 0.1) is 5.82 Å². The Labute approximate surface area is 82.1 Å². The van der Waals surface area contributed by atoms with Crippen LogP contribution < -0.4 is 10.5 Å². The number of rotatable bonds is 2. The zero-order valence-corrected chi connectivity index (χ0v) is 7.31. The molecule has 15 heavy (non-hydrogen) atoms. The molecule has 1 aromatic carbocycles. The summed E-state index contributed by atoms with van der Waals surface area (Å²) in [4.78, 5) is 0. The van der Waals surface area contributed by atoms with Crippen molar-refractivity contribution in [1.82, 2.24) is 0 Å². The zero-order valence-electron chi connectivity index (χ0n) is 7.31. The van der Waals surface area contributed by atoms with Gasteiger partial charge in [0.2, 0.25) is 0 Å². The van der Waals surface area contributed by atoms with Crippen LogP contribution in [0.15, 0.2) is 12.1 Å². The molecule has 0 aliphatic rings. The minimum atomic E-state index is -5.03. The molecule has 0 spiro atoms. The molecule has 0 aromatic heterocycles. The molecule has 0 radical (unpaired) electrons. The number of aliphatic hydroxyl groups excluding tert-OH is 1. The van der Waals surface area contributed by atoms with Crippen molar-refractivity contribution in [3.8, 4) is 5.75 Å². The van der Waals surface area contributed by atoms with Crippen molar-refractivity contribution in [3.05, 3.63) is 23.5 Å². The van der Waals surface area contributed by atoms with Crippen molar-refractivity contribution < 1.29 is 27.4 Å². The maximum Gasteiger partial charge on any atom is 0.573 e. The molecule has 1 aromatic rings. The molecule has 0 unspecified atom stereocenters. The maximum atomic E-state index is 13.1. The first-order chi connectivity index (χ1) is 6.85. The van der Waals surface area contributed by atoms with Gasteiger partial charge in [-0.2, -0.15) is 0 Å². The van der Waals surface area contributed by atoms with Crippen LogP contribution in [-0.4, -0.2) is 11.5 Å². The summed E-state index contributed by atoms with van der Waals surface area (Å²) in [5.41, 5.74) is 4.26. The summed E-state index contributed by atoms with van der Waals surface area (Å²) in [5, 5.41) is 8.68. The van der Waals surface area contributed by atoms with Crippen molar-refractivity contribution in [3.63, 3.8) is 0 Å². The predicted octanol–water partition coefficient (Wildman–Crippen LogP) is 1.80. The topological polar surface area (TPSA) is 55.5 Å². The normalized spacial score (nSPS) is 11.5. The van der Waals surface area contributed by atoms with Crippen LogP contribution in [0.2, 0.25) is 0 Å². The van der Waals surface area contributed by atoms with Crippen LogP contribution in [-0.2, 0) is 6.61 Å². The highest BCUT2D eigenvalue weighted by Crippen LogP contribution is 2.32. The second-order valence-electron chi connectivity index (χ2n) is 2.66. The lowest BCUT2D eigenvalue weighted by molar-refractivity contribution is -0.276. The van der Waals surface area contributed by atoms with Gasteiger partial charge >= 0.3 is 6.36 Å². The third-order valence-electron chi connectivity index (χ3n) is 1.60. The average molecular weight is 225 g/mol. The summed E-state index contributed by atoms with van der Waals surface area (Å²) < 4.78 is 52.1. The molecule has 3 N–H and O–H groups in total. The Balaban J connectivity index is 3.18. The fraction of sp³-hybridized carbons (Fsp3) is 0.250. The van der Waals surface area contributed by atoms with Crippen molar-refractivity contribution >= 4 is 5.69 Å². The monoisotopic (exact) mass is 225 g/mol. The van der Waals surface area contributed by atoms with E-state index in [0.717, 1.165) is 12.1 Å². The van der Waals surface area contributed by atoms with Crippen molar-refractivity contribution in [2.24, 2.45) is 0 Å². The summed E-state index contributed by atoms with van der Waals surface area (Å²) in [6, 6.07) is 2.10. The molecule has 1 rings (SSSR count). The van der Waals surface area contributed by atoms with Gasteiger partial charge in [-0.25, -0.2) is 4.39 Å². The summed E-state index contributed by atoms with van der Waals surface area (Å²) >= 11 is 0. The highest BCUT2D eigenvalue weighted by Gasteiger charge is 2.33. The Morgan fingerprint density at radius 3 is 2.40 bits per heavy atom. The molecule has 0 bridgehead atoms. The van der Waals surface area contributed by atoms with Gasteiger partial charge in [0, 0.05) is 5.56 Å². The third kappa shape index (κ3) is 2.72. The molecule has 0 saturated carbocycles. The second-order valence-corrected chi connectivity index (χ2v) is 2.66. The summed E-state index contributed by atoms with van der Waals surface area (Å²) in [6.07, 6.45) is -5.03. The van der Waals surface area contributed by atoms with E-state index in [9.17, 15) is 17.6 Å². The Morgan fingerprint density at radius 1 is 1.33 bits per heavy atom. The Bertz CT molecular complexity index is 364. The number of nitrogens with two attached hydrogens (primary N) is 1. The van der Waals surface area contributed by atoms with Gasteiger partial charge in [-0.05, 0) is 6.07 Å². The standard InChI is InChI=1S/C8H7F4NO2/c9-6-5(13)2-1-4(3-14)7(6)15-8(10,11)12/h1-2,14H,3,13H2. The quantitative estimate of drug-likeness (QED) is 0.596. The van der Waals surface area contributed by atoms with Gasteiger partial charge in [0.25, 0.3) is 0 Å². The summed E-state index contributed by atoms with van der Waals surface area (Å²) in [6.45, 7) is -0.775. The number of hydrogen-bond donors (Lipinski definition) is 2. The molecule has 0 aliphatic carbocycles. The van der Waals surface area contributed by atoms with Gasteiger partial charge in [-0.15, -0.1) is 13.2 Å². The number of anilines is 1.